The van der Waals surface area contributed by atoms with Gasteiger partial charge in [0.2, 0.25) is 0 Å². The van der Waals surface area contributed by atoms with Crippen molar-refractivity contribution in [1.29, 1.82) is 0 Å². The maximum Gasteiger partial charge on any atom is 0.161 e. The van der Waals surface area contributed by atoms with Crippen LogP contribution in [0.4, 0.5) is 0 Å². The van der Waals surface area contributed by atoms with Crippen molar-refractivity contribution in [3.63, 3.8) is 0 Å². The van der Waals surface area contributed by atoms with Crippen LogP contribution in [0.15, 0.2) is 35.7 Å². The predicted octanol–water partition coefficient (Wildman–Crippen LogP) is 3.15. The molecule has 0 saturated carbocycles. The molecular weight excluding hydrogens is 348 g/mol. The molecular formula is C20H28N2O3S. The second-order valence-electron chi connectivity index (χ2n) is 6.21. The zero-order valence-corrected chi connectivity index (χ0v) is 16.2. The molecule has 2 aromatic rings. The summed E-state index contributed by atoms with van der Waals surface area (Å²) in [6, 6.07) is 10.3. The van der Waals surface area contributed by atoms with Gasteiger partial charge >= 0.3 is 0 Å². The zero-order valence-electron chi connectivity index (χ0n) is 15.4. The highest BCUT2D eigenvalue weighted by molar-refractivity contribution is 7.09. The van der Waals surface area contributed by atoms with E-state index in [-0.39, 0.29) is 0 Å². The van der Waals surface area contributed by atoms with Crippen molar-refractivity contribution < 1.29 is 14.2 Å². The van der Waals surface area contributed by atoms with Gasteiger partial charge in [0, 0.05) is 37.6 Å². The van der Waals surface area contributed by atoms with E-state index < -0.39 is 0 Å². The van der Waals surface area contributed by atoms with Crippen LogP contribution in [-0.2, 0) is 17.9 Å². The number of morpholine rings is 1. The van der Waals surface area contributed by atoms with Crippen LogP contribution in [0, 0.1) is 0 Å². The van der Waals surface area contributed by atoms with Crippen LogP contribution in [0.1, 0.15) is 17.4 Å². The summed E-state index contributed by atoms with van der Waals surface area (Å²) in [5.74, 6) is 1.62. The summed E-state index contributed by atoms with van der Waals surface area (Å²) in [5.41, 5.74) is 1.21. The van der Waals surface area contributed by atoms with Crippen molar-refractivity contribution in [1.82, 2.24) is 10.2 Å². The molecule has 1 saturated heterocycles. The van der Waals surface area contributed by atoms with Gasteiger partial charge in [0.15, 0.2) is 11.5 Å². The average molecular weight is 377 g/mol. The van der Waals surface area contributed by atoms with Crippen molar-refractivity contribution in [2.24, 2.45) is 0 Å². The fraction of sp³-hybridized carbons (Fsp3) is 0.500. The lowest BCUT2D eigenvalue weighted by molar-refractivity contribution is 0.0384. The molecule has 142 valence electrons. The van der Waals surface area contributed by atoms with Gasteiger partial charge in [0.1, 0.15) is 6.61 Å². The molecule has 0 radical (unpaired) electrons. The molecule has 6 heteroatoms. The Morgan fingerprint density at radius 2 is 2.04 bits per heavy atom. The fourth-order valence-corrected chi connectivity index (χ4v) is 3.50. The molecule has 0 spiro atoms. The first kappa shape index (κ1) is 19.2. The lowest BCUT2D eigenvalue weighted by atomic mass is 10.2. The third kappa shape index (κ3) is 5.99. The van der Waals surface area contributed by atoms with E-state index in [1.807, 2.05) is 19.1 Å². The fourth-order valence-electron chi connectivity index (χ4n) is 2.89. The third-order valence-corrected chi connectivity index (χ3v) is 5.15. The number of rotatable bonds is 10. The number of nitrogens with one attached hydrogen (secondary N) is 1. The number of hydrogen-bond donors (Lipinski definition) is 1. The van der Waals surface area contributed by atoms with Gasteiger partial charge in [0.05, 0.1) is 19.8 Å². The molecule has 1 aromatic carbocycles. The van der Waals surface area contributed by atoms with E-state index in [1.54, 1.807) is 11.3 Å². The van der Waals surface area contributed by atoms with Crippen molar-refractivity contribution in [3.05, 3.63) is 46.2 Å². The van der Waals surface area contributed by atoms with E-state index in [4.69, 9.17) is 14.2 Å². The summed E-state index contributed by atoms with van der Waals surface area (Å²) in [6.45, 7) is 9.84. The van der Waals surface area contributed by atoms with Crippen LogP contribution in [-0.4, -0.2) is 50.9 Å². The number of benzene rings is 1. The molecule has 0 unspecified atom stereocenters. The first-order chi connectivity index (χ1) is 12.8. The average Bonchev–Trinajstić information content (AvgIpc) is 3.19. The molecule has 1 aliphatic heterocycles. The molecule has 0 bridgehead atoms. The molecule has 1 N–H and O–H groups in total. The number of thiophene rings is 1. The second kappa shape index (κ2) is 10.5. The second-order valence-corrected chi connectivity index (χ2v) is 7.25. The monoisotopic (exact) mass is 376 g/mol. The molecule has 5 nitrogen and oxygen atoms in total. The van der Waals surface area contributed by atoms with E-state index in [9.17, 15) is 0 Å². The smallest absolute Gasteiger partial charge is 0.161 e. The molecule has 2 heterocycles. The summed E-state index contributed by atoms with van der Waals surface area (Å²) in [7, 11) is 0. The van der Waals surface area contributed by atoms with Crippen LogP contribution in [0.5, 0.6) is 11.5 Å². The zero-order chi connectivity index (χ0) is 18.0. The molecule has 0 atom stereocenters. The standard InChI is InChI=1S/C20H28N2O3S/c1-2-24-20-14-17(15-21-7-8-22-9-11-23-12-10-22)5-6-19(20)25-16-18-4-3-13-26-18/h3-6,13-14,21H,2,7-12,15-16H2,1H3. The van der Waals surface area contributed by atoms with Gasteiger partial charge in [-0.3, -0.25) is 4.90 Å². The van der Waals surface area contributed by atoms with E-state index >= 15 is 0 Å². The van der Waals surface area contributed by atoms with Gasteiger partial charge in [-0.1, -0.05) is 12.1 Å². The number of hydrogen-bond acceptors (Lipinski definition) is 6. The third-order valence-electron chi connectivity index (χ3n) is 4.30. The normalized spacial score (nSPS) is 15.1. The molecule has 0 aliphatic carbocycles. The largest absolute Gasteiger partial charge is 0.490 e. The first-order valence-corrected chi connectivity index (χ1v) is 10.1. The Bertz CT molecular complexity index is 643. The van der Waals surface area contributed by atoms with E-state index in [0.29, 0.717) is 13.2 Å². The lowest BCUT2D eigenvalue weighted by Gasteiger charge is -2.26. The lowest BCUT2D eigenvalue weighted by Crippen LogP contribution is -2.40. The maximum absolute atomic E-state index is 5.94. The van der Waals surface area contributed by atoms with Crippen molar-refractivity contribution in [2.45, 2.75) is 20.1 Å². The predicted molar refractivity (Wildman–Crippen MR) is 105 cm³/mol. The molecule has 3 rings (SSSR count). The van der Waals surface area contributed by atoms with Crippen LogP contribution >= 0.6 is 11.3 Å². The minimum Gasteiger partial charge on any atom is -0.490 e. The minimum atomic E-state index is 0.578. The Labute approximate surface area is 159 Å². The Hall–Kier alpha value is -1.60. The van der Waals surface area contributed by atoms with Gasteiger partial charge in [-0.2, -0.15) is 0 Å². The topological polar surface area (TPSA) is 43.0 Å². The van der Waals surface area contributed by atoms with Crippen LogP contribution in [0.3, 0.4) is 0 Å². The first-order valence-electron chi connectivity index (χ1n) is 9.27. The van der Waals surface area contributed by atoms with Crippen molar-refractivity contribution in [2.75, 3.05) is 46.0 Å². The van der Waals surface area contributed by atoms with E-state index in [0.717, 1.165) is 57.4 Å². The Kier molecular flexibility index (Phi) is 7.76. The Balaban J connectivity index is 1.48. The van der Waals surface area contributed by atoms with Gasteiger partial charge in [-0.25, -0.2) is 0 Å². The van der Waals surface area contributed by atoms with E-state index in [1.165, 1.54) is 10.4 Å². The van der Waals surface area contributed by atoms with E-state index in [2.05, 4.69) is 33.8 Å². The van der Waals surface area contributed by atoms with Crippen LogP contribution in [0.25, 0.3) is 0 Å². The van der Waals surface area contributed by atoms with Crippen molar-refractivity contribution >= 4 is 11.3 Å². The highest BCUT2D eigenvalue weighted by Crippen LogP contribution is 2.29. The summed E-state index contributed by atoms with van der Waals surface area (Å²) >= 11 is 1.70. The van der Waals surface area contributed by atoms with Crippen LogP contribution < -0.4 is 14.8 Å². The minimum absolute atomic E-state index is 0.578. The molecule has 1 fully saturated rings. The Morgan fingerprint density at radius 1 is 1.15 bits per heavy atom. The van der Waals surface area contributed by atoms with Crippen LogP contribution in [0.2, 0.25) is 0 Å². The summed E-state index contributed by atoms with van der Waals surface area (Å²) in [4.78, 5) is 3.64. The van der Waals surface area contributed by atoms with Gasteiger partial charge < -0.3 is 19.5 Å². The van der Waals surface area contributed by atoms with Gasteiger partial charge in [-0.15, -0.1) is 11.3 Å². The maximum atomic E-state index is 5.94. The SMILES string of the molecule is CCOc1cc(CNCCN2CCOCC2)ccc1OCc1cccs1. The van der Waals surface area contributed by atoms with Crippen molar-refractivity contribution in [3.8, 4) is 11.5 Å². The summed E-state index contributed by atoms with van der Waals surface area (Å²) in [5, 5.41) is 5.58. The quantitative estimate of drug-likeness (QED) is 0.645. The van der Waals surface area contributed by atoms with Gasteiger partial charge in [0.25, 0.3) is 0 Å². The summed E-state index contributed by atoms with van der Waals surface area (Å²) in [6.07, 6.45) is 0. The molecule has 1 aromatic heterocycles. The number of ether oxygens (including phenoxy) is 3. The molecule has 1 aliphatic rings. The molecule has 26 heavy (non-hydrogen) atoms. The number of nitrogens with zero attached hydrogens (tertiary/aromatic N) is 1. The highest BCUT2D eigenvalue weighted by Gasteiger charge is 2.10. The highest BCUT2D eigenvalue weighted by atomic mass is 32.1. The Morgan fingerprint density at radius 3 is 2.81 bits per heavy atom. The molecule has 0 amide bonds. The summed E-state index contributed by atoms with van der Waals surface area (Å²) < 4.78 is 17.1. The van der Waals surface area contributed by atoms with Gasteiger partial charge in [-0.05, 0) is 36.1 Å².